The van der Waals surface area contributed by atoms with Crippen LogP contribution in [0.5, 0.6) is 0 Å². The van der Waals surface area contributed by atoms with Crippen LogP contribution in [0.2, 0.25) is 0 Å². The fraction of sp³-hybridized carbons (Fsp3) is 0.312. The average Bonchev–Trinajstić information content (AvgIpc) is 3.06. The van der Waals surface area contributed by atoms with E-state index in [4.69, 9.17) is 9.56 Å². The fourth-order valence-electron chi connectivity index (χ4n) is 2.15. The highest BCUT2D eigenvalue weighted by Crippen LogP contribution is 2.08. The van der Waals surface area contributed by atoms with Crippen LogP contribution in [0.1, 0.15) is 11.3 Å². The molecule has 0 unspecified atom stereocenters. The number of hydrogen-bond donors (Lipinski definition) is 3. The van der Waals surface area contributed by atoms with Gasteiger partial charge in [-0.2, -0.15) is 0 Å². The van der Waals surface area contributed by atoms with E-state index in [1.807, 2.05) is 12.1 Å². The number of nitrogens with one attached hydrogen (secondary N) is 2. The maximum absolute atomic E-state index is 11.2. The van der Waals surface area contributed by atoms with Crippen LogP contribution in [0.15, 0.2) is 57.0 Å². The van der Waals surface area contributed by atoms with Crippen molar-refractivity contribution >= 4 is 40.0 Å². The quantitative estimate of drug-likeness (QED) is 0.318. The number of primary sulfonamides is 1. The lowest BCUT2D eigenvalue weighted by molar-refractivity contribution is 0.507. The summed E-state index contributed by atoms with van der Waals surface area (Å²) in [6.45, 7) is 1.39. The molecule has 0 bridgehead atoms. The molecule has 25 heavy (non-hydrogen) atoms. The molecular formula is C16H23IN4O3S. The molecule has 4 N–H and O–H groups in total. The number of guanidine groups is 1. The molecule has 0 aliphatic carbocycles. The van der Waals surface area contributed by atoms with Gasteiger partial charge in [-0.05, 0) is 36.2 Å². The lowest BCUT2D eigenvalue weighted by atomic mass is 10.1. The Balaban J connectivity index is 0.00000312. The molecule has 0 fully saturated rings. The summed E-state index contributed by atoms with van der Waals surface area (Å²) in [5, 5.41) is 11.5. The smallest absolute Gasteiger partial charge is 0.238 e. The lowest BCUT2D eigenvalue weighted by Gasteiger charge is -2.11. The second-order valence-electron chi connectivity index (χ2n) is 5.19. The van der Waals surface area contributed by atoms with E-state index >= 15 is 0 Å². The van der Waals surface area contributed by atoms with Crippen molar-refractivity contribution in [2.45, 2.75) is 17.7 Å². The number of sulfonamides is 1. The highest BCUT2D eigenvalue weighted by atomic mass is 127. The van der Waals surface area contributed by atoms with Gasteiger partial charge in [0.1, 0.15) is 5.76 Å². The molecule has 2 aromatic rings. The Morgan fingerprint density at radius 3 is 2.28 bits per heavy atom. The van der Waals surface area contributed by atoms with Crippen LogP contribution in [-0.4, -0.2) is 34.5 Å². The van der Waals surface area contributed by atoms with Crippen LogP contribution in [0.25, 0.3) is 0 Å². The number of hydrogen-bond acceptors (Lipinski definition) is 4. The number of rotatable bonds is 7. The summed E-state index contributed by atoms with van der Waals surface area (Å²) in [4.78, 5) is 4.27. The number of nitrogens with zero attached hydrogens (tertiary/aromatic N) is 1. The van der Waals surface area contributed by atoms with E-state index in [-0.39, 0.29) is 28.9 Å². The van der Waals surface area contributed by atoms with E-state index in [9.17, 15) is 8.42 Å². The molecule has 7 nitrogen and oxygen atoms in total. The molecule has 138 valence electrons. The van der Waals surface area contributed by atoms with E-state index in [0.29, 0.717) is 12.5 Å². The lowest BCUT2D eigenvalue weighted by Crippen LogP contribution is -2.39. The van der Waals surface area contributed by atoms with Crippen molar-refractivity contribution in [2.24, 2.45) is 10.1 Å². The third-order valence-corrected chi connectivity index (χ3v) is 4.35. The van der Waals surface area contributed by atoms with Gasteiger partial charge in [0.25, 0.3) is 0 Å². The fourth-order valence-corrected chi connectivity index (χ4v) is 2.67. The maximum atomic E-state index is 11.2. The monoisotopic (exact) mass is 478 g/mol. The number of aliphatic imine (C=N–C) groups is 1. The SMILES string of the molecule is CN=C(NCCc1ccc(S(N)(=O)=O)cc1)NCCc1ccco1.I. The minimum absolute atomic E-state index is 0. The zero-order chi connectivity index (χ0) is 17.4. The Morgan fingerprint density at radius 1 is 1.12 bits per heavy atom. The van der Waals surface area contributed by atoms with Crippen LogP contribution in [0, 0.1) is 0 Å². The summed E-state index contributed by atoms with van der Waals surface area (Å²) in [5.74, 6) is 1.63. The van der Waals surface area contributed by atoms with Gasteiger partial charge in [-0.25, -0.2) is 13.6 Å². The third-order valence-electron chi connectivity index (χ3n) is 3.43. The second kappa shape index (κ2) is 10.4. The summed E-state index contributed by atoms with van der Waals surface area (Å²) in [7, 11) is -1.93. The van der Waals surface area contributed by atoms with Gasteiger partial charge in [0, 0.05) is 26.6 Å². The molecule has 0 aliphatic rings. The summed E-state index contributed by atoms with van der Waals surface area (Å²) >= 11 is 0. The van der Waals surface area contributed by atoms with Crippen LogP contribution >= 0.6 is 24.0 Å². The molecule has 0 saturated carbocycles. The molecule has 9 heteroatoms. The summed E-state index contributed by atoms with van der Waals surface area (Å²) in [5.41, 5.74) is 1.01. The Hall–Kier alpha value is -1.59. The number of furan rings is 1. The highest BCUT2D eigenvalue weighted by Gasteiger charge is 2.06. The average molecular weight is 478 g/mol. The molecule has 0 spiro atoms. The Morgan fingerprint density at radius 2 is 1.76 bits per heavy atom. The van der Waals surface area contributed by atoms with Gasteiger partial charge in [-0.3, -0.25) is 4.99 Å². The Labute approximate surface area is 165 Å². The number of benzene rings is 1. The molecule has 1 heterocycles. The molecule has 0 aliphatic heterocycles. The van der Waals surface area contributed by atoms with Crippen molar-refractivity contribution in [3.63, 3.8) is 0 Å². The summed E-state index contributed by atoms with van der Waals surface area (Å²) in [6.07, 6.45) is 3.18. The van der Waals surface area contributed by atoms with Crippen molar-refractivity contribution in [1.29, 1.82) is 0 Å². The van der Waals surface area contributed by atoms with Crippen LogP contribution in [0.4, 0.5) is 0 Å². The van der Waals surface area contributed by atoms with E-state index in [1.165, 1.54) is 12.1 Å². The minimum atomic E-state index is -3.64. The van der Waals surface area contributed by atoms with Crippen molar-refractivity contribution in [3.05, 3.63) is 54.0 Å². The first-order chi connectivity index (χ1) is 11.5. The first kappa shape index (κ1) is 21.5. The predicted octanol–water partition coefficient (Wildman–Crippen LogP) is 1.50. The van der Waals surface area contributed by atoms with Gasteiger partial charge in [0.15, 0.2) is 5.96 Å². The van der Waals surface area contributed by atoms with Crippen LogP contribution in [-0.2, 0) is 22.9 Å². The van der Waals surface area contributed by atoms with Crippen molar-refractivity contribution in [1.82, 2.24) is 10.6 Å². The summed E-state index contributed by atoms with van der Waals surface area (Å²) < 4.78 is 27.7. The van der Waals surface area contributed by atoms with E-state index in [1.54, 1.807) is 25.4 Å². The zero-order valence-electron chi connectivity index (χ0n) is 13.9. The molecule has 0 atom stereocenters. The normalized spacial score (nSPS) is 11.7. The van der Waals surface area contributed by atoms with Crippen LogP contribution < -0.4 is 15.8 Å². The molecule has 0 saturated heterocycles. The van der Waals surface area contributed by atoms with E-state index in [0.717, 1.165) is 30.7 Å². The molecule has 0 radical (unpaired) electrons. The first-order valence-electron chi connectivity index (χ1n) is 7.57. The molecule has 1 aromatic heterocycles. The molecule has 2 rings (SSSR count). The van der Waals surface area contributed by atoms with Gasteiger partial charge in [-0.1, -0.05) is 12.1 Å². The Kier molecular flexibility index (Phi) is 8.93. The zero-order valence-corrected chi connectivity index (χ0v) is 17.1. The van der Waals surface area contributed by atoms with Gasteiger partial charge in [0.2, 0.25) is 10.0 Å². The van der Waals surface area contributed by atoms with Crippen molar-refractivity contribution in [3.8, 4) is 0 Å². The van der Waals surface area contributed by atoms with E-state index in [2.05, 4.69) is 15.6 Å². The maximum Gasteiger partial charge on any atom is 0.238 e. The van der Waals surface area contributed by atoms with E-state index < -0.39 is 10.0 Å². The topological polar surface area (TPSA) is 110 Å². The van der Waals surface area contributed by atoms with Gasteiger partial charge < -0.3 is 15.1 Å². The summed E-state index contributed by atoms with van der Waals surface area (Å²) in [6, 6.07) is 10.3. The number of nitrogens with two attached hydrogens (primary N) is 1. The van der Waals surface area contributed by atoms with Gasteiger partial charge in [0.05, 0.1) is 11.2 Å². The molecule has 1 aromatic carbocycles. The largest absolute Gasteiger partial charge is 0.469 e. The molecular weight excluding hydrogens is 455 g/mol. The first-order valence-corrected chi connectivity index (χ1v) is 9.12. The molecule has 0 amide bonds. The van der Waals surface area contributed by atoms with Crippen molar-refractivity contribution in [2.75, 3.05) is 20.1 Å². The minimum Gasteiger partial charge on any atom is -0.469 e. The number of halogens is 1. The third kappa shape index (κ3) is 7.45. The van der Waals surface area contributed by atoms with Gasteiger partial charge in [-0.15, -0.1) is 24.0 Å². The second-order valence-corrected chi connectivity index (χ2v) is 6.76. The van der Waals surface area contributed by atoms with Gasteiger partial charge >= 0.3 is 0 Å². The van der Waals surface area contributed by atoms with Crippen molar-refractivity contribution < 1.29 is 12.8 Å². The highest BCUT2D eigenvalue weighted by molar-refractivity contribution is 14.0. The predicted molar refractivity (Wildman–Crippen MR) is 109 cm³/mol. The Bertz CT molecular complexity index is 759. The standard InChI is InChI=1S/C16H22N4O3S.HI/c1-18-16(20-11-9-14-3-2-12-23-14)19-10-8-13-4-6-15(7-5-13)24(17,21)22;/h2-7,12H,8-11H2,1H3,(H2,17,21,22)(H2,18,19,20);1H. The van der Waals surface area contributed by atoms with Crippen LogP contribution in [0.3, 0.4) is 0 Å².